The van der Waals surface area contributed by atoms with Crippen LogP contribution < -0.4 is 4.90 Å². The molecule has 2 aromatic carbocycles. The largest absolute Gasteiger partial charge is 0.337 e. The highest BCUT2D eigenvalue weighted by Crippen LogP contribution is 2.42. The fourth-order valence-electron chi connectivity index (χ4n) is 4.58. The molecule has 5 nitrogen and oxygen atoms in total. The third kappa shape index (κ3) is 3.16. The Labute approximate surface area is 170 Å². The minimum absolute atomic E-state index is 0.0473. The summed E-state index contributed by atoms with van der Waals surface area (Å²) in [4.78, 5) is 34.1. The summed E-state index contributed by atoms with van der Waals surface area (Å²) in [6.07, 6.45) is 1.34. The van der Waals surface area contributed by atoms with E-state index < -0.39 is 0 Å². The molecule has 2 aliphatic rings. The molecule has 5 rings (SSSR count). The van der Waals surface area contributed by atoms with Crippen LogP contribution >= 0.6 is 0 Å². The predicted molar refractivity (Wildman–Crippen MR) is 113 cm³/mol. The zero-order valence-corrected chi connectivity index (χ0v) is 16.5. The van der Waals surface area contributed by atoms with Crippen molar-refractivity contribution in [1.29, 1.82) is 0 Å². The summed E-state index contributed by atoms with van der Waals surface area (Å²) in [6, 6.07) is 19.6. The third-order valence-electron chi connectivity index (χ3n) is 6.21. The van der Waals surface area contributed by atoms with Crippen LogP contribution in [0.15, 0.2) is 60.7 Å². The van der Waals surface area contributed by atoms with Gasteiger partial charge in [0.05, 0.1) is 5.52 Å². The molecule has 3 aromatic rings. The van der Waals surface area contributed by atoms with Crippen molar-refractivity contribution in [2.45, 2.75) is 19.8 Å². The summed E-state index contributed by atoms with van der Waals surface area (Å²) in [5, 5.41) is 1.03. The highest BCUT2D eigenvalue weighted by molar-refractivity contribution is 5.98. The van der Waals surface area contributed by atoms with E-state index in [1.807, 2.05) is 71.3 Å². The Morgan fingerprint density at radius 3 is 2.62 bits per heavy atom. The molecule has 2 amide bonds. The molecule has 0 bridgehead atoms. The third-order valence-corrected chi connectivity index (χ3v) is 6.21. The first-order valence-corrected chi connectivity index (χ1v) is 10.1. The van der Waals surface area contributed by atoms with Gasteiger partial charge in [-0.1, -0.05) is 42.0 Å². The number of anilines is 1. The summed E-state index contributed by atoms with van der Waals surface area (Å²) in [5.41, 5.74) is 3.26. The van der Waals surface area contributed by atoms with E-state index in [1.54, 1.807) is 6.07 Å². The maximum absolute atomic E-state index is 13.1. The lowest BCUT2D eigenvalue weighted by Gasteiger charge is -2.24. The maximum Gasteiger partial charge on any atom is 0.272 e. The molecule has 3 heterocycles. The SMILES string of the molecule is Cc1ccc(N2C[C@]3(CCN(C(=O)c4ccc5ccccc5n4)C3)CC2=O)cc1. The van der Waals surface area contributed by atoms with Gasteiger partial charge in [0.25, 0.3) is 5.91 Å². The van der Waals surface area contributed by atoms with Crippen molar-refractivity contribution < 1.29 is 9.59 Å². The summed E-state index contributed by atoms with van der Waals surface area (Å²) in [7, 11) is 0. The highest BCUT2D eigenvalue weighted by atomic mass is 16.2. The molecule has 2 saturated heterocycles. The molecule has 1 atom stereocenters. The molecule has 146 valence electrons. The van der Waals surface area contributed by atoms with Crippen molar-refractivity contribution in [3.05, 3.63) is 71.9 Å². The monoisotopic (exact) mass is 385 g/mol. The minimum atomic E-state index is -0.158. The quantitative estimate of drug-likeness (QED) is 0.674. The number of hydrogen-bond acceptors (Lipinski definition) is 3. The maximum atomic E-state index is 13.1. The van der Waals surface area contributed by atoms with Crippen LogP contribution in [0.4, 0.5) is 5.69 Å². The molecule has 1 spiro atoms. The zero-order chi connectivity index (χ0) is 20.0. The van der Waals surface area contributed by atoms with Crippen LogP contribution in [0.3, 0.4) is 0 Å². The van der Waals surface area contributed by atoms with Gasteiger partial charge in [0.15, 0.2) is 0 Å². The van der Waals surface area contributed by atoms with Crippen LogP contribution in [0.1, 0.15) is 28.9 Å². The van der Waals surface area contributed by atoms with Crippen molar-refractivity contribution >= 4 is 28.4 Å². The number of carbonyl (C=O) groups excluding carboxylic acids is 2. The van der Waals surface area contributed by atoms with Crippen molar-refractivity contribution in [3.8, 4) is 0 Å². The number of aryl methyl sites for hydroxylation is 1. The lowest BCUT2D eigenvalue weighted by molar-refractivity contribution is -0.117. The molecule has 29 heavy (non-hydrogen) atoms. The van der Waals surface area contributed by atoms with Crippen LogP contribution in [-0.4, -0.2) is 41.3 Å². The number of hydrogen-bond donors (Lipinski definition) is 0. The van der Waals surface area contributed by atoms with Gasteiger partial charge in [-0.2, -0.15) is 0 Å². The van der Waals surface area contributed by atoms with Crippen molar-refractivity contribution in [3.63, 3.8) is 0 Å². The summed E-state index contributed by atoms with van der Waals surface area (Å²) >= 11 is 0. The Hall–Kier alpha value is -3.21. The van der Waals surface area contributed by atoms with Crippen LogP contribution in [0.5, 0.6) is 0 Å². The lowest BCUT2D eigenvalue weighted by atomic mass is 9.86. The number of fused-ring (bicyclic) bond motifs is 1. The van der Waals surface area contributed by atoms with Gasteiger partial charge in [-0.15, -0.1) is 0 Å². The number of aromatic nitrogens is 1. The molecule has 5 heteroatoms. The van der Waals surface area contributed by atoms with Crippen molar-refractivity contribution in [2.24, 2.45) is 5.41 Å². The molecular weight excluding hydrogens is 362 g/mol. The Bertz CT molecular complexity index is 1110. The van der Waals surface area contributed by atoms with E-state index >= 15 is 0 Å². The molecule has 0 aliphatic carbocycles. The topological polar surface area (TPSA) is 53.5 Å². The summed E-state index contributed by atoms with van der Waals surface area (Å²) in [5.74, 6) is 0.0980. The molecule has 1 aromatic heterocycles. The van der Waals surface area contributed by atoms with Crippen LogP contribution in [0.25, 0.3) is 10.9 Å². The van der Waals surface area contributed by atoms with Crippen molar-refractivity contribution in [1.82, 2.24) is 9.88 Å². The first-order valence-electron chi connectivity index (χ1n) is 10.1. The van der Waals surface area contributed by atoms with Gasteiger partial charge < -0.3 is 9.80 Å². The average molecular weight is 385 g/mol. The second kappa shape index (κ2) is 6.69. The minimum Gasteiger partial charge on any atom is -0.337 e. The van der Waals surface area contributed by atoms with Crippen LogP contribution in [0, 0.1) is 12.3 Å². The number of nitrogens with zero attached hydrogens (tertiary/aromatic N) is 3. The van der Waals surface area contributed by atoms with Gasteiger partial charge in [-0.05, 0) is 37.6 Å². The van der Waals surface area contributed by atoms with E-state index in [-0.39, 0.29) is 17.2 Å². The van der Waals surface area contributed by atoms with E-state index in [0.29, 0.717) is 31.7 Å². The molecule has 0 saturated carbocycles. The summed E-state index contributed by atoms with van der Waals surface area (Å²) in [6.45, 7) is 3.99. The molecular formula is C24H23N3O2. The smallest absolute Gasteiger partial charge is 0.272 e. The summed E-state index contributed by atoms with van der Waals surface area (Å²) < 4.78 is 0. The Morgan fingerprint density at radius 1 is 1.00 bits per heavy atom. The molecule has 0 N–H and O–H groups in total. The number of amides is 2. The second-order valence-electron chi connectivity index (χ2n) is 8.36. The molecule has 2 fully saturated rings. The Balaban J connectivity index is 1.34. The first-order chi connectivity index (χ1) is 14.0. The normalized spacial score (nSPS) is 21.5. The van der Waals surface area contributed by atoms with E-state index in [0.717, 1.165) is 23.0 Å². The number of rotatable bonds is 2. The average Bonchev–Trinajstić information content (AvgIpc) is 3.30. The van der Waals surface area contributed by atoms with E-state index in [1.165, 1.54) is 5.56 Å². The first kappa shape index (κ1) is 17.9. The van der Waals surface area contributed by atoms with Gasteiger partial charge in [0.1, 0.15) is 5.69 Å². The van der Waals surface area contributed by atoms with Gasteiger partial charge in [0.2, 0.25) is 5.91 Å². The lowest BCUT2D eigenvalue weighted by Crippen LogP contribution is -2.34. The second-order valence-corrected chi connectivity index (χ2v) is 8.36. The molecule has 0 radical (unpaired) electrons. The van der Waals surface area contributed by atoms with E-state index in [2.05, 4.69) is 4.98 Å². The van der Waals surface area contributed by atoms with E-state index in [9.17, 15) is 9.59 Å². The number of carbonyl (C=O) groups is 2. The highest BCUT2D eigenvalue weighted by Gasteiger charge is 2.49. The van der Waals surface area contributed by atoms with Crippen LogP contribution in [0.2, 0.25) is 0 Å². The van der Waals surface area contributed by atoms with Gasteiger partial charge in [-0.3, -0.25) is 9.59 Å². The number of benzene rings is 2. The van der Waals surface area contributed by atoms with Gasteiger partial charge in [0, 0.05) is 42.5 Å². The van der Waals surface area contributed by atoms with Crippen molar-refractivity contribution in [2.75, 3.05) is 24.5 Å². The number of pyridine rings is 1. The van der Waals surface area contributed by atoms with Gasteiger partial charge >= 0.3 is 0 Å². The predicted octanol–water partition coefficient (Wildman–Crippen LogP) is 3.81. The Kier molecular flexibility index (Phi) is 4.12. The van der Waals surface area contributed by atoms with Gasteiger partial charge in [-0.25, -0.2) is 4.98 Å². The zero-order valence-electron chi connectivity index (χ0n) is 16.5. The molecule has 0 unspecified atom stereocenters. The fourth-order valence-corrected chi connectivity index (χ4v) is 4.58. The standard InChI is InChI=1S/C24H23N3O2/c1-17-6-9-19(10-7-17)27-16-24(14-22(27)28)12-13-26(15-24)23(29)21-11-8-18-4-2-3-5-20(18)25-21/h2-11H,12-16H2,1H3/t24-/m1/s1. The number of likely N-dealkylation sites (tertiary alicyclic amines) is 1. The molecule has 2 aliphatic heterocycles. The number of para-hydroxylation sites is 1. The fraction of sp³-hybridized carbons (Fsp3) is 0.292. The Morgan fingerprint density at radius 2 is 1.79 bits per heavy atom. The van der Waals surface area contributed by atoms with E-state index in [4.69, 9.17) is 0 Å². The van der Waals surface area contributed by atoms with Crippen LogP contribution in [-0.2, 0) is 4.79 Å².